The second-order valence-electron chi connectivity index (χ2n) is 4.72. The molecule has 0 saturated heterocycles. The topological polar surface area (TPSA) is 97.8 Å². The van der Waals surface area contributed by atoms with Crippen LogP contribution in [0.2, 0.25) is 0 Å². The minimum Gasteiger partial charge on any atom is -0.468 e. The van der Waals surface area contributed by atoms with Gasteiger partial charge in [-0.25, -0.2) is 8.42 Å². The van der Waals surface area contributed by atoms with Crippen LogP contribution in [0.3, 0.4) is 0 Å². The molecule has 0 fully saturated rings. The first-order chi connectivity index (χ1) is 9.73. The SMILES string of the molecule is COC(=O)CN1C(=O)c2ccc(CS(C)(=O)=O)cc2C1=O. The fraction of sp³-hybridized carbons (Fsp3) is 0.308. The Morgan fingerprint density at radius 2 is 1.81 bits per heavy atom. The molecule has 1 heterocycles. The molecule has 0 aliphatic carbocycles. The lowest BCUT2D eigenvalue weighted by Gasteiger charge is -2.11. The van der Waals surface area contributed by atoms with Crippen LogP contribution >= 0.6 is 0 Å². The predicted octanol–water partition coefficient (Wildman–Crippen LogP) is 0.000200. The number of carbonyl (C=O) groups excluding carboxylic acids is 3. The third kappa shape index (κ3) is 3.10. The minimum atomic E-state index is -3.25. The average Bonchev–Trinajstić information content (AvgIpc) is 2.62. The highest BCUT2D eigenvalue weighted by atomic mass is 32.2. The van der Waals surface area contributed by atoms with Crippen molar-refractivity contribution in [3.63, 3.8) is 0 Å². The molecule has 112 valence electrons. The first-order valence-electron chi connectivity index (χ1n) is 5.96. The lowest BCUT2D eigenvalue weighted by Crippen LogP contribution is -2.35. The monoisotopic (exact) mass is 311 g/mol. The maximum absolute atomic E-state index is 12.1. The molecule has 0 saturated carbocycles. The predicted molar refractivity (Wildman–Crippen MR) is 72.4 cm³/mol. The Balaban J connectivity index is 2.34. The van der Waals surface area contributed by atoms with Crippen LogP contribution in [0.4, 0.5) is 0 Å². The summed E-state index contributed by atoms with van der Waals surface area (Å²) < 4.78 is 27.0. The van der Waals surface area contributed by atoms with Gasteiger partial charge in [0.05, 0.1) is 24.0 Å². The Morgan fingerprint density at radius 3 is 2.38 bits per heavy atom. The van der Waals surface area contributed by atoms with E-state index >= 15 is 0 Å². The standard InChI is InChI=1S/C13H13NO6S/c1-20-11(15)6-14-12(16)9-4-3-8(7-21(2,18)19)5-10(9)13(14)17/h3-5H,6-7H2,1-2H3. The van der Waals surface area contributed by atoms with Gasteiger partial charge in [-0.3, -0.25) is 19.3 Å². The molecule has 1 aromatic rings. The summed E-state index contributed by atoms with van der Waals surface area (Å²) in [6, 6.07) is 4.24. The summed E-state index contributed by atoms with van der Waals surface area (Å²) in [6.45, 7) is -0.468. The van der Waals surface area contributed by atoms with E-state index < -0.39 is 34.2 Å². The highest BCUT2D eigenvalue weighted by molar-refractivity contribution is 7.89. The Hall–Kier alpha value is -2.22. The number of hydrogen-bond donors (Lipinski definition) is 0. The van der Waals surface area contributed by atoms with Gasteiger partial charge in [0.15, 0.2) is 9.84 Å². The maximum atomic E-state index is 12.1. The first kappa shape index (κ1) is 15.2. The Bertz CT molecular complexity index is 737. The van der Waals surface area contributed by atoms with E-state index in [0.29, 0.717) is 5.56 Å². The van der Waals surface area contributed by atoms with E-state index in [1.54, 1.807) is 0 Å². The molecule has 2 rings (SSSR count). The van der Waals surface area contributed by atoms with Crippen molar-refractivity contribution in [2.24, 2.45) is 0 Å². The van der Waals surface area contributed by atoms with Crippen LogP contribution in [-0.2, 0) is 25.1 Å². The lowest BCUT2D eigenvalue weighted by molar-refractivity contribution is -0.140. The summed E-state index contributed by atoms with van der Waals surface area (Å²) >= 11 is 0. The number of ether oxygens (including phenoxy) is 1. The average molecular weight is 311 g/mol. The van der Waals surface area contributed by atoms with Crippen molar-refractivity contribution in [3.8, 4) is 0 Å². The molecular formula is C13H13NO6S. The number of hydrogen-bond acceptors (Lipinski definition) is 6. The van der Waals surface area contributed by atoms with Gasteiger partial charge in [0.25, 0.3) is 11.8 Å². The quantitative estimate of drug-likeness (QED) is 0.573. The molecular weight excluding hydrogens is 298 g/mol. The summed E-state index contributed by atoms with van der Waals surface area (Å²) in [7, 11) is -2.09. The number of rotatable bonds is 4. The van der Waals surface area contributed by atoms with Gasteiger partial charge in [0.2, 0.25) is 0 Å². The van der Waals surface area contributed by atoms with Gasteiger partial charge < -0.3 is 4.74 Å². The zero-order valence-corrected chi connectivity index (χ0v) is 12.3. The summed E-state index contributed by atoms with van der Waals surface area (Å²) in [6.07, 6.45) is 1.08. The molecule has 1 aliphatic rings. The second-order valence-corrected chi connectivity index (χ2v) is 6.86. The molecule has 0 spiro atoms. The van der Waals surface area contributed by atoms with Crippen molar-refractivity contribution in [2.45, 2.75) is 5.75 Å². The highest BCUT2D eigenvalue weighted by Crippen LogP contribution is 2.24. The molecule has 2 amide bonds. The van der Waals surface area contributed by atoms with Crippen molar-refractivity contribution in [1.82, 2.24) is 4.90 Å². The molecule has 0 bridgehead atoms. The number of fused-ring (bicyclic) bond motifs is 1. The number of benzene rings is 1. The largest absolute Gasteiger partial charge is 0.468 e. The van der Waals surface area contributed by atoms with E-state index in [2.05, 4.69) is 4.74 Å². The van der Waals surface area contributed by atoms with E-state index in [1.807, 2.05) is 0 Å². The third-order valence-corrected chi connectivity index (χ3v) is 3.84. The van der Waals surface area contributed by atoms with Crippen LogP contribution in [0.15, 0.2) is 18.2 Å². The van der Waals surface area contributed by atoms with Crippen molar-refractivity contribution in [1.29, 1.82) is 0 Å². The number of carbonyl (C=O) groups is 3. The summed E-state index contributed by atoms with van der Waals surface area (Å²) in [5.74, 6) is -2.15. The first-order valence-corrected chi connectivity index (χ1v) is 8.02. The molecule has 0 N–H and O–H groups in total. The number of nitrogens with zero attached hydrogens (tertiary/aromatic N) is 1. The van der Waals surface area contributed by atoms with Crippen LogP contribution in [0.5, 0.6) is 0 Å². The van der Waals surface area contributed by atoms with Gasteiger partial charge in [-0.15, -0.1) is 0 Å². The van der Waals surface area contributed by atoms with Gasteiger partial charge >= 0.3 is 5.97 Å². The molecule has 0 atom stereocenters. The number of methoxy groups -OCH3 is 1. The van der Waals surface area contributed by atoms with Crippen molar-refractivity contribution in [2.75, 3.05) is 19.9 Å². The minimum absolute atomic E-state index is 0.102. The molecule has 1 aliphatic heterocycles. The van der Waals surface area contributed by atoms with Gasteiger partial charge in [0, 0.05) is 6.26 Å². The zero-order valence-electron chi connectivity index (χ0n) is 11.5. The molecule has 0 radical (unpaired) electrons. The highest BCUT2D eigenvalue weighted by Gasteiger charge is 2.37. The molecule has 1 aromatic carbocycles. The van der Waals surface area contributed by atoms with Crippen molar-refractivity contribution >= 4 is 27.6 Å². The molecule has 7 nitrogen and oxygen atoms in total. The van der Waals surface area contributed by atoms with Crippen LogP contribution in [-0.4, -0.2) is 51.0 Å². The number of esters is 1. The van der Waals surface area contributed by atoms with Gasteiger partial charge in [-0.2, -0.15) is 0 Å². The Kier molecular flexibility index (Phi) is 3.82. The Labute approximate surface area is 121 Å². The normalized spacial score (nSPS) is 14.3. The van der Waals surface area contributed by atoms with Gasteiger partial charge in [-0.1, -0.05) is 6.07 Å². The second kappa shape index (κ2) is 5.28. The molecule has 8 heteroatoms. The smallest absolute Gasteiger partial charge is 0.325 e. The number of imide groups is 1. The van der Waals surface area contributed by atoms with E-state index in [0.717, 1.165) is 18.3 Å². The third-order valence-electron chi connectivity index (χ3n) is 2.98. The van der Waals surface area contributed by atoms with E-state index in [-0.39, 0.29) is 16.9 Å². The van der Waals surface area contributed by atoms with Crippen molar-refractivity contribution < 1.29 is 27.5 Å². The summed E-state index contributed by atoms with van der Waals surface area (Å²) in [5.41, 5.74) is 0.670. The zero-order chi connectivity index (χ0) is 15.8. The van der Waals surface area contributed by atoms with Gasteiger partial charge in [-0.05, 0) is 17.7 Å². The number of amides is 2. The fourth-order valence-electron chi connectivity index (χ4n) is 2.07. The van der Waals surface area contributed by atoms with E-state index in [9.17, 15) is 22.8 Å². The van der Waals surface area contributed by atoms with Crippen molar-refractivity contribution in [3.05, 3.63) is 34.9 Å². The molecule has 21 heavy (non-hydrogen) atoms. The van der Waals surface area contributed by atoms with Crippen LogP contribution < -0.4 is 0 Å². The Morgan fingerprint density at radius 1 is 1.19 bits per heavy atom. The number of sulfone groups is 1. The fourth-order valence-corrected chi connectivity index (χ4v) is 2.85. The molecule has 0 unspecified atom stereocenters. The summed E-state index contributed by atoms with van der Waals surface area (Å²) in [5, 5.41) is 0. The summed E-state index contributed by atoms with van der Waals surface area (Å²) in [4.78, 5) is 36.2. The van der Waals surface area contributed by atoms with Crippen LogP contribution in [0.1, 0.15) is 26.3 Å². The van der Waals surface area contributed by atoms with Gasteiger partial charge in [0.1, 0.15) is 6.54 Å². The van der Waals surface area contributed by atoms with E-state index in [1.165, 1.54) is 18.2 Å². The molecule has 0 aromatic heterocycles. The van der Waals surface area contributed by atoms with Crippen LogP contribution in [0.25, 0.3) is 0 Å². The van der Waals surface area contributed by atoms with E-state index in [4.69, 9.17) is 0 Å². The van der Waals surface area contributed by atoms with Crippen LogP contribution in [0, 0.1) is 0 Å². The maximum Gasteiger partial charge on any atom is 0.325 e. The lowest BCUT2D eigenvalue weighted by atomic mass is 10.1.